The van der Waals surface area contributed by atoms with Crippen molar-refractivity contribution >= 4 is 29.1 Å². The normalized spacial score (nSPS) is 17.9. The number of Topliss-reactive ketones (excluding diaryl/α,β-unsaturated/α-hetero) is 1. The number of likely N-dealkylation sites (tertiary alicyclic amines) is 1. The first kappa shape index (κ1) is 23.8. The van der Waals surface area contributed by atoms with Crippen LogP contribution in [-0.4, -0.2) is 64.4 Å². The zero-order chi connectivity index (χ0) is 23.3. The number of ether oxygens (including phenoxy) is 1. The summed E-state index contributed by atoms with van der Waals surface area (Å²) in [6.07, 6.45) is 1.61. The van der Waals surface area contributed by atoms with Gasteiger partial charge in [-0.05, 0) is 50.3 Å². The molecule has 8 heteroatoms. The SMILES string of the molecule is CCOc1cc(/C(O)=C2/C(=O)C(=O)N(CCN(CC)CC)C2c2ccccn2)ccc1Cl. The summed E-state index contributed by atoms with van der Waals surface area (Å²) in [4.78, 5) is 34.1. The lowest BCUT2D eigenvalue weighted by Gasteiger charge is -2.27. The Balaban J connectivity index is 2.09. The van der Waals surface area contributed by atoms with Gasteiger partial charge in [-0.1, -0.05) is 31.5 Å². The summed E-state index contributed by atoms with van der Waals surface area (Å²) in [5.41, 5.74) is 0.880. The van der Waals surface area contributed by atoms with Crippen molar-refractivity contribution in [2.75, 3.05) is 32.8 Å². The van der Waals surface area contributed by atoms with Crippen LogP contribution in [0.4, 0.5) is 0 Å². The van der Waals surface area contributed by atoms with Gasteiger partial charge in [-0.25, -0.2) is 0 Å². The Hall–Kier alpha value is -2.90. The van der Waals surface area contributed by atoms with Gasteiger partial charge in [-0.2, -0.15) is 0 Å². The van der Waals surface area contributed by atoms with Gasteiger partial charge < -0.3 is 19.6 Å². The summed E-state index contributed by atoms with van der Waals surface area (Å²) in [6.45, 7) is 8.93. The number of nitrogens with zero attached hydrogens (tertiary/aromatic N) is 3. The highest BCUT2D eigenvalue weighted by molar-refractivity contribution is 6.46. The highest BCUT2D eigenvalue weighted by Gasteiger charge is 2.46. The lowest BCUT2D eigenvalue weighted by atomic mass is 9.98. The van der Waals surface area contributed by atoms with Crippen molar-refractivity contribution in [2.45, 2.75) is 26.8 Å². The Kier molecular flexibility index (Phi) is 7.88. The molecule has 1 aromatic carbocycles. The van der Waals surface area contributed by atoms with Crippen molar-refractivity contribution in [3.63, 3.8) is 0 Å². The van der Waals surface area contributed by atoms with Crippen LogP contribution in [0, 0.1) is 0 Å². The molecule has 1 fully saturated rings. The number of carbonyl (C=O) groups excluding carboxylic acids is 2. The topological polar surface area (TPSA) is 83.0 Å². The summed E-state index contributed by atoms with van der Waals surface area (Å²) >= 11 is 6.17. The van der Waals surface area contributed by atoms with Gasteiger partial charge in [0.2, 0.25) is 0 Å². The molecule has 0 spiro atoms. The van der Waals surface area contributed by atoms with Gasteiger partial charge in [-0.15, -0.1) is 0 Å². The van der Waals surface area contributed by atoms with Crippen LogP contribution >= 0.6 is 11.6 Å². The number of halogens is 1. The fourth-order valence-corrected chi connectivity index (χ4v) is 3.99. The Bertz CT molecular complexity index is 1010. The monoisotopic (exact) mass is 457 g/mol. The number of likely N-dealkylation sites (N-methyl/N-ethyl adjacent to an activating group) is 1. The van der Waals surface area contributed by atoms with E-state index in [1.807, 2.05) is 20.8 Å². The molecule has 1 amide bonds. The van der Waals surface area contributed by atoms with Gasteiger partial charge in [0.05, 0.1) is 22.9 Å². The second-order valence-electron chi connectivity index (χ2n) is 7.35. The largest absolute Gasteiger partial charge is 0.507 e. The number of hydrogen-bond acceptors (Lipinski definition) is 6. The van der Waals surface area contributed by atoms with Gasteiger partial charge in [0.25, 0.3) is 11.7 Å². The van der Waals surface area contributed by atoms with E-state index < -0.39 is 17.7 Å². The number of aromatic nitrogens is 1. The third-order valence-electron chi connectivity index (χ3n) is 5.56. The summed E-state index contributed by atoms with van der Waals surface area (Å²) in [7, 11) is 0. The number of aliphatic hydroxyl groups excluding tert-OH is 1. The Labute approximate surface area is 193 Å². The van der Waals surface area contributed by atoms with Crippen LogP contribution in [0.3, 0.4) is 0 Å². The number of pyridine rings is 1. The maximum atomic E-state index is 13.1. The Morgan fingerprint density at radius 3 is 2.56 bits per heavy atom. The van der Waals surface area contributed by atoms with Crippen LogP contribution in [0.5, 0.6) is 5.75 Å². The zero-order valence-electron chi connectivity index (χ0n) is 18.5. The minimum atomic E-state index is -0.780. The van der Waals surface area contributed by atoms with Crippen molar-refractivity contribution in [3.8, 4) is 5.75 Å². The summed E-state index contributed by atoms with van der Waals surface area (Å²) < 4.78 is 5.51. The fourth-order valence-electron chi connectivity index (χ4n) is 3.82. The molecule has 2 aromatic rings. The molecular weight excluding hydrogens is 430 g/mol. The minimum Gasteiger partial charge on any atom is -0.507 e. The molecule has 170 valence electrons. The highest BCUT2D eigenvalue weighted by atomic mass is 35.5. The van der Waals surface area contributed by atoms with E-state index in [2.05, 4.69) is 9.88 Å². The summed E-state index contributed by atoms with van der Waals surface area (Å²) in [5, 5.41) is 11.5. The predicted molar refractivity (Wildman–Crippen MR) is 124 cm³/mol. The number of aliphatic hydroxyl groups is 1. The molecule has 3 rings (SSSR count). The third kappa shape index (κ3) is 4.79. The average molecular weight is 458 g/mol. The Morgan fingerprint density at radius 1 is 1.19 bits per heavy atom. The van der Waals surface area contributed by atoms with E-state index in [1.165, 1.54) is 4.90 Å². The second-order valence-corrected chi connectivity index (χ2v) is 7.76. The van der Waals surface area contributed by atoms with Crippen molar-refractivity contribution < 1.29 is 19.4 Å². The van der Waals surface area contributed by atoms with Gasteiger partial charge in [0.1, 0.15) is 17.6 Å². The molecule has 1 aliphatic rings. The van der Waals surface area contributed by atoms with E-state index in [0.717, 1.165) is 13.1 Å². The zero-order valence-corrected chi connectivity index (χ0v) is 19.3. The predicted octanol–water partition coefficient (Wildman–Crippen LogP) is 3.90. The van der Waals surface area contributed by atoms with E-state index in [1.54, 1.807) is 42.6 Å². The first-order chi connectivity index (χ1) is 15.4. The molecule has 1 N–H and O–H groups in total. The van der Waals surface area contributed by atoms with E-state index in [4.69, 9.17) is 16.3 Å². The smallest absolute Gasteiger partial charge is 0.295 e. The maximum absolute atomic E-state index is 13.1. The number of amides is 1. The molecule has 7 nitrogen and oxygen atoms in total. The van der Waals surface area contributed by atoms with Gasteiger partial charge in [-0.3, -0.25) is 14.6 Å². The maximum Gasteiger partial charge on any atom is 0.295 e. The number of carbonyl (C=O) groups is 2. The lowest BCUT2D eigenvalue weighted by Crippen LogP contribution is -2.38. The molecule has 0 saturated carbocycles. The van der Waals surface area contributed by atoms with E-state index in [0.29, 0.717) is 41.7 Å². The van der Waals surface area contributed by atoms with Crippen molar-refractivity contribution in [2.24, 2.45) is 0 Å². The molecule has 0 aliphatic carbocycles. The average Bonchev–Trinajstić information content (AvgIpc) is 3.06. The summed E-state index contributed by atoms with van der Waals surface area (Å²) in [5.74, 6) is -1.26. The van der Waals surface area contributed by atoms with Crippen molar-refractivity contribution in [1.29, 1.82) is 0 Å². The first-order valence-corrected chi connectivity index (χ1v) is 11.1. The number of hydrogen-bond donors (Lipinski definition) is 1. The third-order valence-corrected chi connectivity index (χ3v) is 5.88. The van der Waals surface area contributed by atoms with Crippen molar-refractivity contribution in [1.82, 2.24) is 14.8 Å². The van der Waals surface area contributed by atoms with E-state index in [9.17, 15) is 14.7 Å². The van der Waals surface area contributed by atoms with Crippen LogP contribution in [0.1, 0.15) is 38.1 Å². The van der Waals surface area contributed by atoms with Crippen LogP contribution in [0.25, 0.3) is 5.76 Å². The van der Waals surface area contributed by atoms with Crippen molar-refractivity contribution in [3.05, 3.63) is 64.4 Å². The fraction of sp³-hybridized carbons (Fsp3) is 0.375. The number of rotatable bonds is 9. The molecule has 1 aromatic heterocycles. The quantitative estimate of drug-likeness (QED) is 0.349. The molecule has 32 heavy (non-hydrogen) atoms. The van der Waals surface area contributed by atoms with Gasteiger partial charge in [0.15, 0.2) is 0 Å². The second kappa shape index (κ2) is 10.6. The molecule has 1 unspecified atom stereocenters. The molecule has 1 atom stereocenters. The van der Waals surface area contributed by atoms with Crippen LogP contribution in [-0.2, 0) is 9.59 Å². The minimum absolute atomic E-state index is 0.0121. The highest BCUT2D eigenvalue weighted by Crippen LogP contribution is 2.39. The molecule has 0 bridgehead atoms. The standard InChI is InChI=1S/C24H28ClN3O4/c1-4-27(5-2)13-14-28-21(18-9-7-8-12-26-18)20(23(30)24(28)31)22(29)16-10-11-17(25)19(15-16)32-6-3/h7-12,15,21,29H,4-6,13-14H2,1-3H3/b22-20-. The molecular formula is C24H28ClN3O4. The van der Waals surface area contributed by atoms with E-state index in [-0.39, 0.29) is 11.3 Å². The summed E-state index contributed by atoms with van der Waals surface area (Å²) in [6, 6.07) is 9.29. The molecule has 1 saturated heterocycles. The van der Waals surface area contributed by atoms with Crippen LogP contribution in [0.2, 0.25) is 5.02 Å². The Morgan fingerprint density at radius 2 is 1.94 bits per heavy atom. The molecule has 0 radical (unpaired) electrons. The number of benzene rings is 1. The first-order valence-electron chi connectivity index (χ1n) is 10.8. The van der Waals surface area contributed by atoms with Crippen LogP contribution < -0.4 is 4.74 Å². The number of ketones is 1. The van der Waals surface area contributed by atoms with Gasteiger partial charge >= 0.3 is 0 Å². The molecule has 2 heterocycles. The lowest BCUT2D eigenvalue weighted by molar-refractivity contribution is -0.140. The van der Waals surface area contributed by atoms with E-state index >= 15 is 0 Å². The molecule has 1 aliphatic heterocycles. The van der Waals surface area contributed by atoms with Crippen LogP contribution in [0.15, 0.2) is 48.2 Å². The van der Waals surface area contributed by atoms with Gasteiger partial charge in [0, 0.05) is 24.8 Å².